The molecule has 0 saturated carbocycles. The number of amides is 1. The van der Waals surface area contributed by atoms with Crippen molar-refractivity contribution in [2.45, 2.75) is 32.1 Å². The van der Waals surface area contributed by atoms with Gasteiger partial charge >= 0.3 is 0 Å². The summed E-state index contributed by atoms with van der Waals surface area (Å²) in [5.74, 6) is 0.00623. The summed E-state index contributed by atoms with van der Waals surface area (Å²) in [4.78, 5) is 16.3. The van der Waals surface area contributed by atoms with Crippen LogP contribution < -0.4 is 5.32 Å². The average Bonchev–Trinajstić information content (AvgIpc) is 3.23. The van der Waals surface area contributed by atoms with Crippen molar-refractivity contribution in [2.24, 2.45) is 0 Å². The van der Waals surface area contributed by atoms with Crippen LogP contribution in [0.15, 0.2) is 79.0 Å². The first-order valence-electron chi connectivity index (χ1n) is 10.8. The SMILES string of the molecule is CCc1cccc2c([C@H](CC(=O)NCCc3ccccc3)c3ccc(Cl)cc3)c[nH]c12. The van der Waals surface area contributed by atoms with Crippen LogP contribution in [0.3, 0.4) is 0 Å². The number of fused-ring (bicyclic) bond motifs is 1. The van der Waals surface area contributed by atoms with E-state index in [1.807, 2.05) is 42.5 Å². The zero-order chi connectivity index (χ0) is 21.6. The Morgan fingerprint density at radius 1 is 1.00 bits per heavy atom. The van der Waals surface area contributed by atoms with Crippen LogP contribution >= 0.6 is 11.6 Å². The van der Waals surface area contributed by atoms with Gasteiger partial charge in [0.15, 0.2) is 0 Å². The molecule has 31 heavy (non-hydrogen) atoms. The first-order valence-corrected chi connectivity index (χ1v) is 11.2. The molecule has 158 valence electrons. The third-order valence-corrected chi connectivity index (χ3v) is 6.08. The molecule has 0 fully saturated rings. The lowest BCUT2D eigenvalue weighted by atomic mass is 9.87. The molecule has 0 spiro atoms. The molecule has 1 amide bonds. The lowest BCUT2D eigenvalue weighted by molar-refractivity contribution is -0.121. The topological polar surface area (TPSA) is 44.9 Å². The standard InChI is InChI=1S/C27H27ClN2O/c1-2-20-9-6-10-23-25(18-30-27(20)23)24(21-11-13-22(28)14-12-21)17-26(31)29-16-15-19-7-4-3-5-8-19/h3-14,18,24,30H,2,15-17H2,1H3,(H,29,31)/t24-/m1/s1. The van der Waals surface area contributed by atoms with Crippen molar-refractivity contribution in [2.75, 3.05) is 6.54 Å². The minimum atomic E-state index is -0.0464. The van der Waals surface area contributed by atoms with Gasteiger partial charge in [-0.3, -0.25) is 4.79 Å². The number of nitrogens with one attached hydrogen (secondary N) is 2. The third kappa shape index (κ3) is 5.00. The van der Waals surface area contributed by atoms with E-state index in [4.69, 9.17) is 11.6 Å². The van der Waals surface area contributed by atoms with Crippen LogP contribution in [0.4, 0.5) is 0 Å². The van der Waals surface area contributed by atoms with Crippen LogP contribution in [0.25, 0.3) is 10.9 Å². The number of aryl methyl sites for hydroxylation is 1. The van der Waals surface area contributed by atoms with Crippen molar-refractivity contribution in [1.82, 2.24) is 10.3 Å². The molecule has 0 aliphatic carbocycles. The Morgan fingerprint density at radius 2 is 1.77 bits per heavy atom. The summed E-state index contributed by atoms with van der Waals surface area (Å²) in [6.07, 6.45) is 4.23. The zero-order valence-electron chi connectivity index (χ0n) is 17.7. The summed E-state index contributed by atoms with van der Waals surface area (Å²) in [6.45, 7) is 2.79. The molecule has 4 aromatic rings. The molecule has 0 bridgehead atoms. The number of H-pyrrole nitrogens is 1. The van der Waals surface area contributed by atoms with Crippen LogP contribution in [-0.2, 0) is 17.6 Å². The highest BCUT2D eigenvalue weighted by molar-refractivity contribution is 6.30. The number of carbonyl (C=O) groups is 1. The monoisotopic (exact) mass is 430 g/mol. The fraction of sp³-hybridized carbons (Fsp3) is 0.222. The Kier molecular flexibility index (Phi) is 6.73. The second kappa shape index (κ2) is 9.84. The van der Waals surface area contributed by atoms with E-state index in [1.54, 1.807) is 0 Å². The molecule has 1 atom stereocenters. The zero-order valence-corrected chi connectivity index (χ0v) is 18.5. The molecule has 4 rings (SSSR count). The van der Waals surface area contributed by atoms with Crippen molar-refractivity contribution in [3.8, 4) is 0 Å². The Bertz CT molecular complexity index is 1150. The maximum atomic E-state index is 12.9. The van der Waals surface area contributed by atoms with Gasteiger partial charge in [-0.1, -0.05) is 79.2 Å². The van der Waals surface area contributed by atoms with Gasteiger partial charge in [0.1, 0.15) is 0 Å². The minimum Gasteiger partial charge on any atom is -0.361 e. The number of halogens is 1. The van der Waals surface area contributed by atoms with E-state index in [9.17, 15) is 4.79 Å². The Morgan fingerprint density at radius 3 is 2.52 bits per heavy atom. The maximum Gasteiger partial charge on any atom is 0.220 e. The largest absolute Gasteiger partial charge is 0.361 e. The summed E-state index contributed by atoms with van der Waals surface area (Å²) >= 11 is 6.12. The van der Waals surface area contributed by atoms with Crippen LogP contribution in [0.5, 0.6) is 0 Å². The van der Waals surface area contributed by atoms with Gasteiger partial charge in [0.25, 0.3) is 0 Å². The Balaban J connectivity index is 1.57. The molecule has 3 nitrogen and oxygen atoms in total. The summed E-state index contributed by atoms with van der Waals surface area (Å²) in [5, 5.41) is 4.97. The van der Waals surface area contributed by atoms with E-state index in [-0.39, 0.29) is 11.8 Å². The first-order chi connectivity index (χ1) is 15.2. The number of aromatic amines is 1. The third-order valence-electron chi connectivity index (χ3n) is 5.83. The van der Waals surface area contributed by atoms with E-state index in [1.165, 1.54) is 16.5 Å². The lowest BCUT2D eigenvalue weighted by Gasteiger charge is -2.18. The highest BCUT2D eigenvalue weighted by atomic mass is 35.5. The molecule has 1 heterocycles. The molecular weight excluding hydrogens is 404 g/mol. The lowest BCUT2D eigenvalue weighted by Crippen LogP contribution is -2.27. The molecule has 1 aromatic heterocycles. The fourth-order valence-corrected chi connectivity index (χ4v) is 4.30. The average molecular weight is 431 g/mol. The summed E-state index contributed by atoms with van der Waals surface area (Å²) in [7, 11) is 0. The number of carbonyl (C=O) groups excluding carboxylic acids is 1. The highest BCUT2D eigenvalue weighted by Crippen LogP contribution is 2.35. The predicted molar refractivity (Wildman–Crippen MR) is 129 cm³/mol. The molecular formula is C27H27ClN2O. The number of rotatable bonds is 8. The van der Waals surface area contributed by atoms with E-state index in [2.05, 4.69) is 53.8 Å². The van der Waals surface area contributed by atoms with Crippen LogP contribution in [0.1, 0.15) is 41.5 Å². The molecule has 0 radical (unpaired) electrons. The summed E-state index contributed by atoms with van der Waals surface area (Å²) in [6, 6.07) is 24.4. The Hall–Kier alpha value is -3.04. The normalized spacial score (nSPS) is 12.1. The summed E-state index contributed by atoms with van der Waals surface area (Å²) in [5.41, 5.74) is 5.89. The minimum absolute atomic E-state index is 0.0464. The van der Waals surface area contributed by atoms with Gasteiger partial charge < -0.3 is 10.3 Å². The first kappa shape index (κ1) is 21.2. The van der Waals surface area contributed by atoms with Gasteiger partial charge in [-0.15, -0.1) is 0 Å². The second-order valence-corrected chi connectivity index (χ2v) is 8.27. The number of aromatic nitrogens is 1. The van der Waals surface area contributed by atoms with Crippen LogP contribution in [-0.4, -0.2) is 17.4 Å². The van der Waals surface area contributed by atoms with E-state index < -0.39 is 0 Å². The van der Waals surface area contributed by atoms with Crippen molar-refractivity contribution >= 4 is 28.4 Å². The van der Waals surface area contributed by atoms with E-state index in [0.717, 1.165) is 29.5 Å². The Labute approximate surface area is 188 Å². The van der Waals surface area contributed by atoms with Crippen molar-refractivity contribution < 1.29 is 4.79 Å². The maximum absolute atomic E-state index is 12.9. The van der Waals surface area contributed by atoms with Gasteiger partial charge in [-0.05, 0) is 47.2 Å². The smallest absolute Gasteiger partial charge is 0.220 e. The number of benzene rings is 3. The summed E-state index contributed by atoms with van der Waals surface area (Å²) < 4.78 is 0. The van der Waals surface area contributed by atoms with Crippen molar-refractivity contribution in [3.63, 3.8) is 0 Å². The molecule has 0 unspecified atom stereocenters. The number of para-hydroxylation sites is 1. The molecule has 2 N–H and O–H groups in total. The van der Waals surface area contributed by atoms with Crippen molar-refractivity contribution in [1.29, 1.82) is 0 Å². The van der Waals surface area contributed by atoms with Gasteiger partial charge in [0, 0.05) is 41.0 Å². The van der Waals surface area contributed by atoms with Crippen molar-refractivity contribution in [3.05, 3.63) is 106 Å². The van der Waals surface area contributed by atoms with Gasteiger partial charge in [-0.25, -0.2) is 0 Å². The molecule has 0 aliphatic rings. The van der Waals surface area contributed by atoms with Gasteiger partial charge in [0.2, 0.25) is 5.91 Å². The quantitative estimate of drug-likeness (QED) is 0.340. The highest BCUT2D eigenvalue weighted by Gasteiger charge is 2.22. The van der Waals surface area contributed by atoms with E-state index in [0.29, 0.717) is 18.0 Å². The molecule has 4 heteroatoms. The number of hydrogen-bond donors (Lipinski definition) is 2. The molecule has 3 aromatic carbocycles. The molecule has 0 aliphatic heterocycles. The van der Waals surface area contributed by atoms with Gasteiger partial charge in [-0.2, -0.15) is 0 Å². The molecule has 0 saturated heterocycles. The van der Waals surface area contributed by atoms with Gasteiger partial charge in [0.05, 0.1) is 0 Å². The van der Waals surface area contributed by atoms with Crippen LogP contribution in [0, 0.1) is 0 Å². The predicted octanol–water partition coefficient (Wildman–Crippen LogP) is 6.26. The number of hydrogen-bond acceptors (Lipinski definition) is 1. The fourth-order valence-electron chi connectivity index (χ4n) is 4.17. The van der Waals surface area contributed by atoms with E-state index >= 15 is 0 Å². The van der Waals surface area contributed by atoms with Crippen LogP contribution in [0.2, 0.25) is 5.02 Å². The second-order valence-electron chi connectivity index (χ2n) is 7.83.